The molecule has 0 heterocycles. The van der Waals surface area contributed by atoms with E-state index in [1.165, 1.54) is 18.9 Å². The molecule has 1 atom stereocenters. The lowest BCUT2D eigenvalue weighted by Crippen LogP contribution is -2.26. The van der Waals surface area contributed by atoms with Gasteiger partial charge in [-0.3, -0.25) is 0 Å². The van der Waals surface area contributed by atoms with Crippen molar-refractivity contribution in [3.05, 3.63) is 35.6 Å². The van der Waals surface area contributed by atoms with Gasteiger partial charge in [0, 0.05) is 5.56 Å². The van der Waals surface area contributed by atoms with Gasteiger partial charge in [-0.2, -0.15) is 0 Å². The van der Waals surface area contributed by atoms with Crippen LogP contribution in [0, 0.1) is 11.7 Å². The van der Waals surface area contributed by atoms with Gasteiger partial charge in [0.25, 0.3) is 0 Å². The molecule has 0 saturated heterocycles. The molecule has 0 spiro atoms. The van der Waals surface area contributed by atoms with E-state index in [9.17, 15) is 9.50 Å². The summed E-state index contributed by atoms with van der Waals surface area (Å²) in [6.07, 6.45) is 3.63. The van der Waals surface area contributed by atoms with Crippen molar-refractivity contribution in [1.82, 2.24) is 0 Å². The molecule has 0 radical (unpaired) electrons. The Labute approximate surface area is 89.9 Å². The van der Waals surface area contributed by atoms with Gasteiger partial charge < -0.3 is 5.11 Å². The smallest absolute Gasteiger partial charge is 0.129 e. The first-order valence-corrected chi connectivity index (χ1v) is 5.63. The fourth-order valence-corrected chi connectivity index (χ4v) is 2.08. The quantitative estimate of drug-likeness (QED) is 0.805. The largest absolute Gasteiger partial charge is 0.385 e. The Morgan fingerprint density at radius 3 is 2.60 bits per heavy atom. The minimum Gasteiger partial charge on any atom is -0.385 e. The summed E-state index contributed by atoms with van der Waals surface area (Å²) >= 11 is 0. The summed E-state index contributed by atoms with van der Waals surface area (Å²) < 4.78 is 13.6. The van der Waals surface area contributed by atoms with Crippen molar-refractivity contribution in [2.45, 2.75) is 38.2 Å². The maximum Gasteiger partial charge on any atom is 0.129 e. The highest BCUT2D eigenvalue weighted by Gasteiger charge is 2.36. The monoisotopic (exact) mass is 208 g/mol. The predicted octanol–water partition coefficient (Wildman–Crippen LogP) is 3.22. The normalized spacial score (nSPS) is 19.9. The molecule has 15 heavy (non-hydrogen) atoms. The zero-order valence-corrected chi connectivity index (χ0v) is 9.04. The topological polar surface area (TPSA) is 20.2 Å². The minimum absolute atomic E-state index is 0.289. The Morgan fingerprint density at radius 2 is 2.07 bits per heavy atom. The summed E-state index contributed by atoms with van der Waals surface area (Å²) in [7, 11) is 0. The van der Waals surface area contributed by atoms with Crippen LogP contribution in [0.25, 0.3) is 0 Å². The molecule has 0 aliphatic heterocycles. The highest BCUT2D eigenvalue weighted by atomic mass is 19.1. The average Bonchev–Trinajstić information content (AvgIpc) is 3.02. The Hall–Kier alpha value is -0.890. The van der Waals surface area contributed by atoms with E-state index in [1.807, 2.05) is 6.92 Å². The molecule has 1 N–H and O–H groups in total. The molecule has 1 aliphatic rings. The van der Waals surface area contributed by atoms with E-state index in [1.54, 1.807) is 18.2 Å². The number of aliphatic hydroxyl groups is 1. The first kappa shape index (κ1) is 10.6. The third kappa shape index (κ3) is 2.20. The van der Waals surface area contributed by atoms with Crippen molar-refractivity contribution in [3.8, 4) is 0 Å². The fraction of sp³-hybridized carbons (Fsp3) is 0.538. The van der Waals surface area contributed by atoms with Gasteiger partial charge in [-0.25, -0.2) is 4.39 Å². The second-order valence-electron chi connectivity index (χ2n) is 4.51. The number of hydrogen-bond donors (Lipinski definition) is 1. The summed E-state index contributed by atoms with van der Waals surface area (Å²) in [6.45, 7) is 1.91. The van der Waals surface area contributed by atoms with E-state index in [2.05, 4.69) is 0 Å². The highest BCUT2D eigenvalue weighted by molar-refractivity contribution is 5.24. The van der Waals surface area contributed by atoms with Crippen LogP contribution in [0.3, 0.4) is 0 Å². The van der Waals surface area contributed by atoms with Crippen LogP contribution in [-0.4, -0.2) is 5.11 Å². The zero-order chi connectivity index (χ0) is 10.9. The molecular formula is C13H17FO. The number of hydrogen-bond acceptors (Lipinski definition) is 1. The predicted molar refractivity (Wildman–Crippen MR) is 57.9 cm³/mol. The van der Waals surface area contributed by atoms with E-state index in [4.69, 9.17) is 0 Å². The molecule has 1 aliphatic carbocycles. The van der Waals surface area contributed by atoms with Gasteiger partial charge in [0.05, 0.1) is 5.60 Å². The van der Waals surface area contributed by atoms with Gasteiger partial charge in [0.1, 0.15) is 5.82 Å². The van der Waals surface area contributed by atoms with Crippen LogP contribution in [-0.2, 0) is 5.60 Å². The van der Waals surface area contributed by atoms with Crippen molar-refractivity contribution in [2.75, 3.05) is 0 Å². The van der Waals surface area contributed by atoms with Crippen LogP contribution >= 0.6 is 0 Å². The third-order valence-electron chi connectivity index (χ3n) is 3.28. The van der Waals surface area contributed by atoms with Crippen molar-refractivity contribution in [2.24, 2.45) is 5.92 Å². The lowest BCUT2D eigenvalue weighted by molar-refractivity contribution is 0.0143. The van der Waals surface area contributed by atoms with E-state index >= 15 is 0 Å². The summed E-state index contributed by atoms with van der Waals surface area (Å²) in [5.74, 6) is 0.303. The minimum atomic E-state index is -0.966. The standard InChI is InChI=1S/C13H17FO/c1-2-13(15,9-10-7-8-10)11-5-3-4-6-12(11)14/h3-6,10,15H,2,7-9H2,1H3. The van der Waals surface area contributed by atoms with Gasteiger partial charge >= 0.3 is 0 Å². The Morgan fingerprint density at radius 1 is 1.40 bits per heavy atom. The number of benzene rings is 1. The van der Waals surface area contributed by atoms with Crippen LogP contribution in [0.4, 0.5) is 4.39 Å². The SMILES string of the molecule is CCC(O)(CC1CC1)c1ccccc1F. The van der Waals surface area contributed by atoms with Gasteiger partial charge in [-0.1, -0.05) is 38.0 Å². The van der Waals surface area contributed by atoms with Crippen LogP contribution < -0.4 is 0 Å². The number of halogens is 1. The maximum atomic E-state index is 13.6. The molecule has 2 rings (SSSR count). The molecular weight excluding hydrogens is 191 g/mol. The van der Waals surface area contributed by atoms with Crippen LogP contribution in [0.1, 0.15) is 38.2 Å². The van der Waals surface area contributed by atoms with Crippen molar-refractivity contribution in [3.63, 3.8) is 0 Å². The van der Waals surface area contributed by atoms with Crippen molar-refractivity contribution >= 4 is 0 Å². The molecule has 1 unspecified atom stereocenters. The molecule has 0 aromatic heterocycles. The summed E-state index contributed by atoms with van der Waals surface area (Å²) in [4.78, 5) is 0. The molecule has 1 aromatic carbocycles. The molecule has 1 nitrogen and oxygen atoms in total. The van der Waals surface area contributed by atoms with E-state index in [0.717, 1.165) is 0 Å². The summed E-state index contributed by atoms with van der Waals surface area (Å²) in [5.41, 5.74) is -0.508. The molecule has 82 valence electrons. The summed E-state index contributed by atoms with van der Waals surface area (Å²) in [6, 6.07) is 6.56. The molecule has 0 amide bonds. The second kappa shape index (κ2) is 3.93. The van der Waals surface area contributed by atoms with E-state index in [-0.39, 0.29) is 5.82 Å². The van der Waals surface area contributed by atoms with Crippen LogP contribution in [0.2, 0.25) is 0 Å². The van der Waals surface area contributed by atoms with Gasteiger partial charge in [0.2, 0.25) is 0 Å². The lowest BCUT2D eigenvalue weighted by Gasteiger charge is -2.27. The zero-order valence-electron chi connectivity index (χ0n) is 9.04. The molecule has 1 saturated carbocycles. The molecule has 0 bridgehead atoms. The van der Waals surface area contributed by atoms with Crippen molar-refractivity contribution in [1.29, 1.82) is 0 Å². The van der Waals surface area contributed by atoms with Crippen molar-refractivity contribution < 1.29 is 9.50 Å². The van der Waals surface area contributed by atoms with Gasteiger partial charge in [0.15, 0.2) is 0 Å². The highest BCUT2D eigenvalue weighted by Crippen LogP contribution is 2.42. The molecule has 2 heteroatoms. The first-order valence-electron chi connectivity index (χ1n) is 5.63. The lowest BCUT2D eigenvalue weighted by atomic mass is 9.86. The van der Waals surface area contributed by atoms with E-state index < -0.39 is 5.60 Å². The van der Waals surface area contributed by atoms with Gasteiger partial charge in [-0.15, -0.1) is 0 Å². The first-order chi connectivity index (χ1) is 7.15. The Bertz CT molecular complexity index is 346. The second-order valence-corrected chi connectivity index (χ2v) is 4.51. The Balaban J connectivity index is 2.27. The molecule has 1 fully saturated rings. The average molecular weight is 208 g/mol. The van der Waals surface area contributed by atoms with Crippen LogP contribution in [0.5, 0.6) is 0 Å². The number of rotatable bonds is 4. The maximum absolute atomic E-state index is 13.6. The van der Waals surface area contributed by atoms with Crippen LogP contribution in [0.15, 0.2) is 24.3 Å². The van der Waals surface area contributed by atoms with Gasteiger partial charge in [-0.05, 0) is 24.8 Å². The van der Waals surface area contributed by atoms with E-state index in [0.29, 0.717) is 24.3 Å². The third-order valence-corrected chi connectivity index (χ3v) is 3.28. The molecule has 1 aromatic rings. The summed E-state index contributed by atoms with van der Waals surface area (Å²) in [5, 5.41) is 10.4. The fourth-order valence-electron chi connectivity index (χ4n) is 2.08. The Kier molecular flexibility index (Phi) is 2.79.